The minimum Gasteiger partial charge on any atom is -0.361 e. The number of sulfone groups is 1. The van der Waals surface area contributed by atoms with E-state index in [1.165, 1.54) is 12.1 Å². The van der Waals surface area contributed by atoms with Gasteiger partial charge in [-0.25, -0.2) is 13.4 Å². The molecule has 0 bridgehead atoms. The summed E-state index contributed by atoms with van der Waals surface area (Å²) >= 11 is 4.12. The molecule has 1 aromatic carbocycles. The Kier molecular flexibility index (Phi) is 5.71. The Morgan fingerprint density at radius 3 is 2.67 bits per heavy atom. The molecule has 0 atom stereocenters. The molecule has 30 heavy (non-hydrogen) atoms. The van der Waals surface area contributed by atoms with E-state index >= 15 is 0 Å². The third-order valence-corrected chi connectivity index (χ3v) is 9.41. The van der Waals surface area contributed by atoms with E-state index in [1.807, 2.05) is 26.0 Å². The predicted molar refractivity (Wildman–Crippen MR) is 121 cm³/mol. The molecule has 0 fully saturated rings. The summed E-state index contributed by atoms with van der Waals surface area (Å²) < 4.78 is 30.5. The molecule has 3 heterocycles. The Morgan fingerprint density at radius 1 is 1.20 bits per heavy atom. The first kappa shape index (κ1) is 21.0. The van der Waals surface area contributed by atoms with Crippen molar-refractivity contribution in [1.29, 1.82) is 0 Å². The van der Waals surface area contributed by atoms with Crippen molar-refractivity contribution in [2.24, 2.45) is 0 Å². The molecule has 0 unspecified atom stereocenters. The van der Waals surface area contributed by atoms with Gasteiger partial charge in [0.15, 0.2) is 14.2 Å². The molecular weight excluding hydrogens is 462 g/mol. The van der Waals surface area contributed by atoms with Gasteiger partial charge in [0.25, 0.3) is 5.91 Å². The number of carbonyl (C=O) groups excluding carboxylic acids is 1. The number of nitrogens with one attached hydrogen (secondary N) is 1. The van der Waals surface area contributed by atoms with Crippen molar-refractivity contribution in [3.8, 4) is 0 Å². The molecule has 156 valence electrons. The molecule has 0 aliphatic heterocycles. The summed E-state index contributed by atoms with van der Waals surface area (Å²) in [5.41, 5.74) is 3.46. The number of thiazole rings is 1. The summed E-state index contributed by atoms with van der Waals surface area (Å²) in [6.07, 6.45) is 1.12. The lowest BCUT2D eigenvalue weighted by atomic mass is 10.2. The van der Waals surface area contributed by atoms with Crippen molar-refractivity contribution in [1.82, 2.24) is 10.1 Å². The Morgan fingerprint density at radius 2 is 2.00 bits per heavy atom. The zero-order valence-electron chi connectivity index (χ0n) is 16.3. The fraction of sp³-hybridized carbons (Fsp3) is 0.211. The van der Waals surface area contributed by atoms with Gasteiger partial charge in [-0.15, -0.1) is 22.7 Å². The molecule has 0 aliphatic carbocycles. The first-order valence-corrected chi connectivity index (χ1v) is 13.3. The fourth-order valence-electron chi connectivity index (χ4n) is 2.72. The molecule has 4 aromatic rings. The summed E-state index contributed by atoms with van der Waals surface area (Å²) in [5.74, 6) is 1.21. The number of fused-ring (bicyclic) bond motifs is 1. The Hall–Kier alpha value is -2.21. The van der Waals surface area contributed by atoms with Crippen molar-refractivity contribution in [3.05, 3.63) is 52.2 Å². The van der Waals surface area contributed by atoms with Crippen LogP contribution in [-0.2, 0) is 15.6 Å². The molecule has 7 nitrogen and oxygen atoms in total. The number of nitrogens with zero attached hydrogens (tertiary/aromatic N) is 2. The number of thioether (sulfide) groups is 1. The second-order valence-electron chi connectivity index (χ2n) is 6.60. The molecule has 0 saturated heterocycles. The Balaban J connectivity index is 1.48. The number of aromatic nitrogens is 2. The summed E-state index contributed by atoms with van der Waals surface area (Å²) in [6.45, 7) is 3.82. The van der Waals surface area contributed by atoms with E-state index < -0.39 is 9.84 Å². The maximum Gasteiger partial charge on any atom is 0.265 e. The lowest BCUT2D eigenvalue weighted by Crippen LogP contribution is -2.09. The average molecular weight is 480 g/mol. The quantitative estimate of drug-likeness (QED) is 0.392. The Bertz CT molecular complexity index is 1330. The van der Waals surface area contributed by atoms with Crippen LogP contribution in [0.25, 0.3) is 10.2 Å². The topological polar surface area (TPSA) is 102 Å². The maximum atomic E-state index is 12.5. The van der Waals surface area contributed by atoms with Crippen LogP contribution in [0.5, 0.6) is 0 Å². The first-order chi connectivity index (χ1) is 14.2. The summed E-state index contributed by atoms with van der Waals surface area (Å²) in [5, 5.41) is 6.79. The number of hydrogen-bond acceptors (Lipinski definition) is 9. The molecule has 0 spiro atoms. The fourth-order valence-corrected chi connectivity index (χ4v) is 6.80. The van der Waals surface area contributed by atoms with Crippen LogP contribution in [0.2, 0.25) is 0 Å². The third-order valence-electron chi connectivity index (χ3n) is 4.32. The van der Waals surface area contributed by atoms with E-state index in [4.69, 9.17) is 4.52 Å². The lowest BCUT2D eigenvalue weighted by Gasteiger charge is -2.03. The summed E-state index contributed by atoms with van der Waals surface area (Å²) in [7, 11) is -3.32. The van der Waals surface area contributed by atoms with Gasteiger partial charge in [-0.2, -0.15) is 0 Å². The number of thiophene rings is 1. The second-order valence-corrected chi connectivity index (χ2v) is 12.2. The molecule has 0 aliphatic rings. The average Bonchev–Trinajstić information content (AvgIpc) is 3.39. The molecule has 3 aromatic heterocycles. The van der Waals surface area contributed by atoms with E-state index in [0.29, 0.717) is 10.6 Å². The van der Waals surface area contributed by atoms with Crippen LogP contribution in [0.15, 0.2) is 43.4 Å². The van der Waals surface area contributed by atoms with E-state index in [0.717, 1.165) is 54.9 Å². The summed E-state index contributed by atoms with van der Waals surface area (Å²) in [6, 6.07) is 8.48. The van der Waals surface area contributed by atoms with Crippen molar-refractivity contribution in [2.45, 2.75) is 28.1 Å². The Labute approximate surface area is 185 Å². The van der Waals surface area contributed by atoms with Crippen LogP contribution < -0.4 is 5.32 Å². The number of hydrogen-bond donors (Lipinski definition) is 1. The SMILES string of the molecule is Cc1noc(C)c1CSc1nc2ccc(NC(=O)c3ccc(S(C)(=O)=O)s3)cc2s1. The standard InChI is InChI=1S/C19H17N3O4S4/c1-10-13(11(2)26-22-10)9-27-19-21-14-5-4-12(8-16(14)29-19)20-18(23)15-6-7-17(28-15)30(3,24)25/h4-8H,9H2,1-3H3,(H,20,23). The maximum absolute atomic E-state index is 12.5. The highest BCUT2D eigenvalue weighted by molar-refractivity contribution is 8.00. The molecule has 1 N–H and O–H groups in total. The molecule has 11 heteroatoms. The van der Waals surface area contributed by atoms with Gasteiger partial charge in [0, 0.05) is 23.3 Å². The van der Waals surface area contributed by atoms with E-state index in [1.54, 1.807) is 29.2 Å². The van der Waals surface area contributed by atoms with Gasteiger partial charge in [0.1, 0.15) is 9.97 Å². The van der Waals surface area contributed by atoms with Crippen LogP contribution in [0.3, 0.4) is 0 Å². The van der Waals surface area contributed by atoms with Gasteiger partial charge in [0.2, 0.25) is 0 Å². The van der Waals surface area contributed by atoms with E-state index in [-0.39, 0.29) is 10.1 Å². The zero-order chi connectivity index (χ0) is 21.5. The minimum atomic E-state index is -3.32. The monoisotopic (exact) mass is 479 g/mol. The molecule has 4 rings (SSSR count). The van der Waals surface area contributed by atoms with Gasteiger partial charge >= 0.3 is 0 Å². The van der Waals surface area contributed by atoms with Crippen LogP contribution in [-0.4, -0.2) is 30.7 Å². The van der Waals surface area contributed by atoms with Crippen LogP contribution in [0.4, 0.5) is 5.69 Å². The molecule has 1 amide bonds. The van der Waals surface area contributed by atoms with Crippen LogP contribution in [0, 0.1) is 13.8 Å². The normalized spacial score (nSPS) is 11.8. The highest BCUT2D eigenvalue weighted by Crippen LogP contribution is 2.34. The van der Waals surface area contributed by atoms with Crippen molar-refractivity contribution in [3.63, 3.8) is 0 Å². The number of rotatable bonds is 6. The number of carbonyl (C=O) groups is 1. The van der Waals surface area contributed by atoms with Crippen LogP contribution in [0.1, 0.15) is 26.7 Å². The highest BCUT2D eigenvalue weighted by atomic mass is 32.2. The lowest BCUT2D eigenvalue weighted by molar-refractivity contribution is 0.103. The van der Waals surface area contributed by atoms with E-state index in [9.17, 15) is 13.2 Å². The van der Waals surface area contributed by atoms with Gasteiger partial charge in [-0.3, -0.25) is 4.79 Å². The largest absolute Gasteiger partial charge is 0.361 e. The van der Waals surface area contributed by atoms with Gasteiger partial charge < -0.3 is 9.84 Å². The van der Waals surface area contributed by atoms with E-state index in [2.05, 4.69) is 15.5 Å². The third kappa shape index (κ3) is 4.43. The smallest absolute Gasteiger partial charge is 0.265 e. The predicted octanol–water partition coefficient (Wildman–Crippen LogP) is 4.91. The molecule has 0 radical (unpaired) electrons. The number of aryl methyl sites for hydroxylation is 2. The number of anilines is 1. The zero-order valence-corrected chi connectivity index (χ0v) is 19.5. The molecular formula is C19H17N3O4S4. The number of benzene rings is 1. The second kappa shape index (κ2) is 8.14. The van der Waals surface area contributed by atoms with Gasteiger partial charge in [-0.05, 0) is 44.2 Å². The van der Waals surface area contributed by atoms with Crippen molar-refractivity contribution < 1.29 is 17.7 Å². The van der Waals surface area contributed by atoms with Crippen LogP contribution >= 0.6 is 34.4 Å². The van der Waals surface area contributed by atoms with Crippen molar-refractivity contribution in [2.75, 3.05) is 11.6 Å². The van der Waals surface area contributed by atoms with Gasteiger partial charge in [0.05, 0.1) is 20.8 Å². The molecule has 0 saturated carbocycles. The minimum absolute atomic E-state index is 0.172. The highest BCUT2D eigenvalue weighted by Gasteiger charge is 2.16. The van der Waals surface area contributed by atoms with Crippen molar-refractivity contribution >= 4 is 66.1 Å². The first-order valence-electron chi connectivity index (χ1n) is 8.77. The summed E-state index contributed by atoms with van der Waals surface area (Å²) in [4.78, 5) is 17.4. The van der Waals surface area contributed by atoms with Gasteiger partial charge in [-0.1, -0.05) is 16.9 Å². The number of amides is 1.